The average Bonchev–Trinajstić information content (AvgIpc) is 2.70. The number of hydrogen-bond acceptors (Lipinski definition) is 2. The highest BCUT2D eigenvalue weighted by molar-refractivity contribution is 6.30. The molecule has 2 aromatic rings. The molecule has 1 aromatic carbocycles. The van der Waals surface area contributed by atoms with E-state index in [1.807, 2.05) is 19.1 Å². The fourth-order valence-corrected chi connectivity index (χ4v) is 2.56. The van der Waals surface area contributed by atoms with Gasteiger partial charge in [0.05, 0.1) is 5.69 Å². The van der Waals surface area contributed by atoms with E-state index >= 15 is 0 Å². The molecule has 0 spiro atoms. The Morgan fingerprint density at radius 1 is 1.20 bits per heavy atom. The summed E-state index contributed by atoms with van der Waals surface area (Å²) in [6, 6.07) is 8.16. The topological polar surface area (TPSA) is 29.9 Å². The number of halogens is 1. The van der Waals surface area contributed by atoms with Crippen molar-refractivity contribution >= 4 is 11.6 Å². The molecule has 0 amide bonds. The third-order valence-corrected chi connectivity index (χ3v) is 3.68. The molecule has 0 saturated carbocycles. The maximum atomic E-state index is 5.96. The summed E-state index contributed by atoms with van der Waals surface area (Å²) < 4.78 is 2.07. The summed E-state index contributed by atoms with van der Waals surface area (Å²) >= 11 is 5.96. The number of nitrogens with one attached hydrogen (secondary N) is 1. The SMILES string of the molecule is Cc1cc(C)n(CCCNCc2ccc(Cl)cc2C)n1. The van der Waals surface area contributed by atoms with E-state index in [0.29, 0.717) is 0 Å². The zero-order valence-electron chi connectivity index (χ0n) is 12.4. The van der Waals surface area contributed by atoms with E-state index in [9.17, 15) is 0 Å². The van der Waals surface area contributed by atoms with Crippen LogP contribution in [-0.4, -0.2) is 16.3 Å². The van der Waals surface area contributed by atoms with Gasteiger partial charge in [-0.1, -0.05) is 17.7 Å². The molecular formula is C16H22ClN3. The van der Waals surface area contributed by atoms with Gasteiger partial charge in [0, 0.05) is 23.8 Å². The fourth-order valence-electron chi connectivity index (χ4n) is 2.34. The summed E-state index contributed by atoms with van der Waals surface area (Å²) in [6.45, 7) is 9.07. The molecule has 0 radical (unpaired) electrons. The predicted octanol–water partition coefficient (Wildman–Crippen LogP) is 3.64. The Morgan fingerprint density at radius 2 is 2.00 bits per heavy atom. The first-order valence-electron chi connectivity index (χ1n) is 7.03. The Hall–Kier alpha value is -1.32. The first kappa shape index (κ1) is 15.1. The molecule has 0 saturated heterocycles. The van der Waals surface area contributed by atoms with Crippen LogP contribution in [0.5, 0.6) is 0 Å². The molecule has 1 heterocycles. The molecule has 0 aliphatic rings. The largest absolute Gasteiger partial charge is 0.313 e. The first-order chi connectivity index (χ1) is 9.56. The summed E-state index contributed by atoms with van der Waals surface area (Å²) in [6.07, 6.45) is 1.08. The first-order valence-corrected chi connectivity index (χ1v) is 7.41. The van der Waals surface area contributed by atoms with E-state index in [0.717, 1.165) is 36.8 Å². The number of aromatic nitrogens is 2. The summed E-state index contributed by atoms with van der Waals surface area (Å²) in [4.78, 5) is 0. The van der Waals surface area contributed by atoms with Crippen LogP contribution in [-0.2, 0) is 13.1 Å². The molecular weight excluding hydrogens is 270 g/mol. The van der Waals surface area contributed by atoms with Gasteiger partial charge in [0.15, 0.2) is 0 Å². The normalized spacial score (nSPS) is 11.0. The maximum Gasteiger partial charge on any atom is 0.0596 e. The minimum Gasteiger partial charge on any atom is -0.313 e. The minimum absolute atomic E-state index is 0.802. The van der Waals surface area contributed by atoms with Gasteiger partial charge in [0.2, 0.25) is 0 Å². The molecule has 1 N–H and O–H groups in total. The van der Waals surface area contributed by atoms with Gasteiger partial charge in [-0.25, -0.2) is 0 Å². The van der Waals surface area contributed by atoms with E-state index in [2.05, 4.69) is 41.1 Å². The number of benzene rings is 1. The van der Waals surface area contributed by atoms with Crippen molar-refractivity contribution in [2.24, 2.45) is 0 Å². The maximum absolute atomic E-state index is 5.96. The van der Waals surface area contributed by atoms with Crippen molar-refractivity contribution in [2.45, 2.75) is 40.3 Å². The Bertz CT molecular complexity index is 575. The smallest absolute Gasteiger partial charge is 0.0596 e. The van der Waals surface area contributed by atoms with Gasteiger partial charge < -0.3 is 5.32 Å². The van der Waals surface area contributed by atoms with E-state index < -0.39 is 0 Å². The van der Waals surface area contributed by atoms with Crippen molar-refractivity contribution in [1.82, 2.24) is 15.1 Å². The molecule has 1 aromatic heterocycles. The molecule has 0 fully saturated rings. The van der Waals surface area contributed by atoms with Gasteiger partial charge in [-0.2, -0.15) is 5.10 Å². The molecule has 0 unspecified atom stereocenters. The van der Waals surface area contributed by atoms with Gasteiger partial charge in [0.25, 0.3) is 0 Å². The minimum atomic E-state index is 0.802. The molecule has 4 heteroatoms. The highest BCUT2D eigenvalue weighted by Gasteiger charge is 2.01. The Balaban J connectivity index is 1.73. The van der Waals surface area contributed by atoms with Crippen LogP contribution in [0, 0.1) is 20.8 Å². The van der Waals surface area contributed by atoms with E-state index in [1.165, 1.54) is 16.8 Å². The van der Waals surface area contributed by atoms with Crippen molar-refractivity contribution in [1.29, 1.82) is 0 Å². The zero-order valence-corrected chi connectivity index (χ0v) is 13.2. The second kappa shape index (κ2) is 6.91. The average molecular weight is 292 g/mol. The lowest BCUT2D eigenvalue weighted by Gasteiger charge is -2.09. The molecule has 3 nitrogen and oxygen atoms in total. The molecule has 2 rings (SSSR count). The second-order valence-electron chi connectivity index (χ2n) is 5.25. The van der Waals surface area contributed by atoms with Crippen LogP contribution < -0.4 is 5.32 Å². The quantitative estimate of drug-likeness (QED) is 0.824. The third-order valence-electron chi connectivity index (χ3n) is 3.45. The highest BCUT2D eigenvalue weighted by Crippen LogP contribution is 2.14. The Morgan fingerprint density at radius 3 is 2.65 bits per heavy atom. The van der Waals surface area contributed by atoms with Crippen LogP contribution in [0.3, 0.4) is 0 Å². The summed E-state index contributed by atoms with van der Waals surface area (Å²) in [5.41, 5.74) is 4.87. The van der Waals surface area contributed by atoms with Gasteiger partial charge in [-0.05, 0) is 63.1 Å². The van der Waals surface area contributed by atoms with E-state index in [-0.39, 0.29) is 0 Å². The fraction of sp³-hybridized carbons (Fsp3) is 0.438. The lowest BCUT2D eigenvalue weighted by molar-refractivity contribution is 0.532. The monoisotopic (exact) mass is 291 g/mol. The molecule has 0 aliphatic carbocycles. The van der Waals surface area contributed by atoms with Crippen molar-refractivity contribution in [3.8, 4) is 0 Å². The molecule has 108 valence electrons. The van der Waals surface area contributed by atoms with Gasteiger partial charge in [-0.3, -0.25) is 4.68 Å². The van der Waals surface area contributed by atoms with E-state index in [1.54, 1.807) is 0 Å². The zero-order chi connectivity index (χ0) is 14.5. The molecule has 0 bridgehead atoms. The molecule has 0 atom stereocenters. The van der Waals surface area contributed by atoms with Crippen LogP contribution >= 0.6 is 11.6 Å². The Labute approximate surface area is 126 Å². The summed E-state index contributed by atoms with van der Waals surface area (Å²) in [5, 5.41) is 8.74. The predicted molar refractivity (Wildman–Crippen MR) is 84.2 cm³/mol. The van der Waals surface area contributed by atoms with Crippen LogP contribution in [0.15, 0.2) is 24.3 Å². The van der Waals surface area contributed by atoms with Crippen LogP contribution in [0.25, 0.3) is 0 Å². The Kier molecular flexibility index (Phi) is 5.21. The number of rotatable bonds is 6. The van der Waals surface area contributed by atoms with Crippen LogP contribution in [0.4, 0.5) is 0 Å². The third kappa shape index (κ3) is 4.09. The van der Waals surface area contributed by atoms with Crippen LogP contribution in [0.1, 0.15) is 28.9 Å². The summed E-state index contributed by atoms with van der Waals surface area (Å²) in [7, 11) is 0. The van der Waals surface area contributed by atoms with Gasteiger partial charge in [0.1, 0.15) is 0 Å². The lowest BCUT2D eigenvalue weighted by Crippen LogP contribution is -2.17. The number of hydrogen-bond donors (Lipinski definition) is 1. The van der Waals surface area contributed by atoms with Crippen molar-refractivity contribution in [2.75, 3.05) is 6.54 Å². The van der Waals surface area contributed by atoms with E-state index in [4.69, 9.17) is 11.6 Å². The molecule has 20 heavy (non-hydrogen) atoms. The van der Waals surface area contributed by atoms with Crippen molar-refractivity contribution in [3.05, 3.63) is 51.8 Å². The van der Waals surface area contributed by atoms with Gasteiger partial charge in [-0.15, -0.1) is 0 Å². The summed E-state index contributed by atoms with van der Waals surface area (Å²) in [5.74, 6) is 0. The van der Waals surface area contributed by atoms with Crippen molar-refractivity contribution < 1.29 is 0 Å². The lowest BCUT2D eigenvalue weighted by atomic mass is 10.1. The van der Waals surface area contributed by atoms with Crippen molar-refractivity contribution in [3.63, 3.8) is 0 Å². The second-order valence-corrected chi connectivity index (χ2v) is 5.69. The number of aryl methyl sites for hydroxylation is 4. The van der Waals surface area contributed by atoms with Gasteiger partial charge >= 0.3 is 0 Å². The standard InChI is InChI=1S/C16H22ClN3/c1-12-9-16(17)6-5-15(12)11-18-7-4-8-20-14(3)10-13(2)19-20/h5-6,9-10,18H,4,7-8,11H2,1-3H3. The highest BCUT2D eigenvalue weighted by atomic mass is 35.5. The number of nitrogens with zero attached hydrogens (tertiary/aromatic N) is 2. The molecule has 0 aliphatic heterocycles. The van der Waals surface area contributed by atoms with Crippen LogP contribution in [0.2, 0.25) is 5.02 Å².